The topological polar surface area (TPSA) is 21.3 Å². The third-order valence-corrected chi connectivity index (χ3v) is 3.11. The van der Waals surface area contributed by atoms with E-state index in [2.05, 4.69) is 37.4 Å². The fourth-order valence-electron chi connectivity index (χ4n) is 2.28. The molecule has 0 aliphatic carbocycles. The molecular weight excluding hydrogens is 186 g/mol. The van der Waals surface area contributed by atoms with Crippen molar-refractivity contribution in [2.45, 2.75) is 26.3 Å². The van der Waals surface area contributed by atoms with Gasteiger partial charge in [0.15, 0.2) is 0 Å². The molecule has 0 aromatic heterocycles. The van der Waals surface area contributed by atoms with E-state index in [1.54, 1.807) is 7.11 Å². The van der Waals surface area contributed by atoms with E-state index in [4.69, 9.17) is 4.74 Å². The zero-order valence-corrected chi connectivity index (χ0v) is 9.71. The minimum atomic E-state index is 0.467. The van der Waals surface area contributed by atoms with Crippen LogP contribution in [0.25, 0.3) is 0 Å². The molecule has 2 atom stereocenters. The molecule has 2 heteroatoms. The lowest BCUT2D eigenvalue weighted by molar-refractivity contribution is 0.402. The first kappa shape index (κ1) is 10.5. The van der Waals surface area contributed by atoms with Crippen LogP contribution in [0.2, 0.25) is 0 Å². The fraction of sp³-hybridized carbons (Fsp3) is 0.538. The summed E-state index contributed by atoms with van der Waals surface area (Å²) in [5, 5.41) is 3.54. The Bertz CT molecular complexity index is 348. The monoisotopic (exact) mass is 205 g/mol. The highest BCUT2D eigenvalue weighted by Gasteiger charge is 2.24. The standard InChI is InChI=1S/C13H19NO/c1-9-4-5-13(15-3)11(6-9)12-7-10(2)8-14-12/h4-6,10,12,14H,7-8H2,1-3H3/t10-,12-/m0/s1. The molecule has 15 heavy (non-hydrogen) atoms. The molecule has 1 aliphatic rings. The maximum Gasteiger partial charge on any atom is 0.123 e. The highest BCUT2D eigenvalue weighted by atomic mass is 16.5. The van der Waals surface area contributed by atoms with Crippen LogP contribution in [0.15, 0.2) is 18.2 Å². The predicted molar refractivity (Wildman–Crippen MR) is 62.3 cm³/mol. The lowest BCUT2D eigenvalue weighted by Crippen LogP contribution is -2.14. The van der Waals surface area contributed by atoms with Gasteiger partial charge in [-0.1, -0.05) is 24.6 Å². The van der Waals surface area contributed by atoms with Gasteiger partial charge in [0.25, 0.3) is 0 Å². The number of benzene rings is 1. The van der Waals surface area contributed by atoms with Crippen molar-refractivity contribution in [3.63, 3.8) is 0 Å². The molecule has 0 saturated carbocycles. The Kier molecular flexibility index (Phi) is 2.96. The van der Waals surface area contributed by atoms with E-state index in [-0.39, 0.29) is 0 Å². The van der Waals surface area contributed by atoms with E-state index < -0.39 is 0 Å². The number of methoxy groups -OCH3 is 1. The van der Waals surface area contributed by atoms with Crippen molar-refractivity contribution in [2.24, 2.45) is 5.92 Å². The Hall–Kier alpha value is -1.02. The molecule has 1 fully saturated rings. The summed E-state index contributed by atoms with van der Waals surface area (Å²) in [6.07, 6.45) is 1.21. The highest BCUT2D eigenvalue weighted by Crippen LogP contribution is 2.33. The van der Waals surface area contributed by atoms with Gasteiger partial charge < -0.3 is 10.1 Å². The zero-order chi connectivity index (χ0) is 10.8. The Labute approximate surface area is 91.6 Å². The Morgan fingerprint density at radius 2 is 2.20 bits per heavy atom. The summed E-state index contributed by atoms with van der Waals surface area (Å²) in [5.41, 5.74) is 2.61. The minimum Gasteiger partial charge on any atom is -0.496 e. The third-order valence-electron chi connectivity index (χ3n) is 3.11. The number of aryl methyl sites for hydroxylation is 1. The maximum absolute atomic E-state index is 5.41. The van der Waals surface area contributed by atoms with Crippen molar-refractivity contribution in [2.75, 3.05) is 13.7 Å². The summed E-state index contributed by atoms with van der Waals surface area (Å²) in [4.78, 5) is 0. The SMILES string of the molecule is COc1ccc(C)cc1[C@@H]1C[C@H](C)CN1. The normalized spacial score (nSPS) is 25.5. The zero-order valence-electron chi connectivity index (χ0n) is 9.71. The Balaban J connectivity index is 2.29. The first-order valence-corrected chi connectivity index (χ1v) is 5.58. The van der Waals surface area contributed by atoms with Gasteiger partial charge in [-0.05, 0) is 31.9 Å². The molecule has 0 unspecified atom stereocenters. The minimum absolute atomic E-state index is 0.467. The molecule has 0 bridgehead atoms. The number of ether oxygens (including phenoxy) is 1. The largest absolute Gasteiger partial charge is 0.496 e. The second kappa shape index (κ2) is 4.23. The highest BCUT2D eigenvalue weighted by molar-refractivity contribution is 5.39. The van der Waals surface area contributed by atoms with Crippen LogP contribution in [0.4, 0.5) is 0 Å². The predicted octanol–water partition coefficient (Wildman–Crippen LogP) is 2.67. The number of hydrogen-bond donors (Lipinski definition) is 1. The van der Waals surface area contributed by atoms with Gasteiger partial charge in [-0.15, -0.1) is 0 Å². The average Bonchev–Trinajstić information content (AvgIpc) is 2.65. The van der Waals surface area contributed by atoms with Crippen molar-refractivity contribution in [1.82, 2.24) is 5.32 Å². The van der Waals surface area contributed by atoms with Gasteiger partial charge in [0, 0.05) is 11.6 Å². The molecule has 1 heterocycles. The lowest BCUT2D eigenvalue weighted by Gasteiger charge is -2.15. The van der Waals surface area contributed by atoms with Crippen LogP contribution >= 0.6 is 0 Å². The van der Waals surface area contributed by atoms with E-state index >= 15 is 0 Å². The van der Waals surface area contributed by atoms with Crippen LogP contribution in [0, 0.1) is 12.8 Å². The molecule has 1 N–H and O–H groups in total. The quantitative estimate of drug-likeness (QED) is 0.801. The average molecular weight is 205 g/mol. The van der Waals surface area contributed by atoms with Crippen molar-refractivity contribution >= 4 is 0 Å². The van der Waals surface area contributed by atoms with Gasteiger partial charge in [0.1, 0.15) is 5.75 Å². The van der Waals surface area contributed by atoms with Crippen LogP contribution in [0.5, 0.6) is 5.75 Å². The van der Waals surface area contributed by atoms with Gasteiger partial charge in [0.05, 0.1) is 7.11 Å². The van der Waals surface area contributed by atoms with E-state index in [1.807, 2.05) is 0 Å². The molecule has 0 amide bonds. The third kappa shape index (κ3) is 2.15. The van der Waals surface area contributed by atoms with Gasteiger partial charge >= 0.3 is 0 Å². The van der Waals surface area contributed by atoms with Crippen LogP contribution in [0.1, 0.15) is 30.5 Å². The van der Waals surface area contributed by atoms with Crippen molar-refractivity contribution in [1.29, 1.82) is 0 Å². The van der Waals surface area contributed by atoms with E-state index in [0.717, 1.165) is 18.2 Å². The molecule has 1 aromatic carbocycles. The number of hydrogen-bond acceptors (Lipinski definition) is 2. The van der Waals surface area contributed by atoms with Gasteiger partial charge in [-0.3, -0.25) is 0 Å². The maximum atomic E-state index is 5.41. The second-order valence-electron chi connectivity index (χ2n) is 4.55. The van der Waals surface area contributed by atoms with Crippen molar-refractivity contribution in [3.8, 4) is 5.75 Å². The van der Waals surface area contributed by atoms with Crippen molar-refractivity contribution < 1.29 is 4.74 Å². The summed E-state index contributed by atoms with van der Waals surface area (Å²) in [5.74, 6) is 1.77. The number of nitrogens with one attached hydrogen (secondary N) is 1. The smallest absolute Gasteiger partial charge is 0.123 e. The summed E-state index contributed by atoms with van der Waals surface area (Å²) in [6.45, 7) is 5.53. The van der Waals surface area contributed by atoms with Gasteiger partial charge in [-0.2, -0.15) is 0 Å². The van der Waals surface area contributed by atoms with Crippen LogP contribution in [-0.2, 0) is 0 Å². The van der Waals surface area contributed by atoms with E-state index in [9.17, 15) is 0 Å². The fourth-order valence-corrected chi connectivity index (χ4v) is 2.28. The summed E-state index contributed by atoms with van der Waals surface area (Å²) in [6, 6.07) is 6.86. The summed E-state index contributed by atoms with van der Waals surface area (Å²) >= 11 is 0. The van der Waals surface area contributed by atoms with Crippen molar-refractivity contribution in [3.05, 3.63) is 29.3 Å². The Morgan fingerprint density at radius 1 is 1.40 bits per heavy atom. The van der Waals surface area contributed by atoms with Crippen LogP contribution < -0.4 is 10.1 Å². The molecule has 82 valence electrons. The first-order valence-electron chi connectivity index (χ1n) is 5.58. The van der Waals surface area contributed by atoms with E-state index in [1.165, 1.54) is 17.5 Å². The Morgan fingerprint density at radius 3 is 2.80 bits per heavy atom. The first-order chi connectivity index (χ1) is 7.20. The van der Waals surface area contributed by atoms with Gasteiger partial charge in [-0.25, -0.2) is 0 Å². The van der Waals surface area contributed by atoms with E-state index in [0.29, 0.717) is 6.04 Å². The molecular formula is C13H19NO. The summed E-state index contributed by atoms with van der Waals surface area (Å²) < 4.78 is 5.41. The second-order valence-corrected chi connectivity index (χ2v) is 4.55. The molecule has 2 nitrogen and oxygen atoms in total. The molecule has 1 aromatic rings. The number of rotatable bonds is 2. The lowest BCUT2D eigenvalue weighted by atomic mass is 9.99. The molecule has 1 saturated heterocycles. The van der Waals surface area contributed by atoms with Crippen LogP contribution in [0.3, 0.4) is 0 Å². The molecule has 0 spiro atoms. The molecule has 2 rings (SSSR count). The molecule has 0 radical (unpaired) electrons. The summed E-state index contributed by atoms with van der Waals surface area (Å²) in [7, 11) is 1.74. The molecule has 1 aliphatic heterocycles. The van der Waals surface area contributed by atoms with Gasteiger partial charge in [0.2, 0.25) is 0 Å². The van der Waals surface area contributed by atoms with Crippen LogP contribution in [-0.4, -0.2) is 13.7 Å².